The molecule has 1 N–H and O–H groups in total. The molecule has 2 rings (SSSR count). The third-order valence-corrected chi connectivity index (χ3v) is 3.74. The summed E-state index contributed by atoms with van der Waals surface area (Å²) in [7, 11) is 1.86. The first-order chi connectivity index (χ1) is 9.11. The number of imidazole rings is 1. The van der Waals surface area contributed by atoms with Crippen molar-refractivity contribution in [2.24, 2.45) is 7.05 Å². The van der Waals surface area contributed by atoms with E-state index in [4.69, 9.17) is 11.6 Å². The summed E-state index contributed by atoms with van der Waals surface area (Å²) in [6, 6.07) is 5.46. The van der Waals surface area contributed by atoms with E-state index in [1.165, 1.54) is 11.8 Å². The van der Waals surface area contributed by atoms with E-state index in [1.807, 2.05) is 17.7 Å². The summed E-state index contributed by atoms with van der Waals surface area (Å²) in [5.41, 5.74) is 1.70. The number of nitrogens with one attached hydrogen (secondary N) is 1. The second kappa shape index (κ2) is 6.12. The van der Waals surface area contributed by atoms with Crippen molar-refractivity contribution in [3.05, 3.63) is 35.9 Å². The van der Waals surface area contributed by atoms with Gasteiger partial charge in [0.25, 0.3) is 0 Å². The monoisotopic (exact) mass is 295 g/mol. The first-order valence-electron chi connectivity index (χ1n) is 5.72. The van der Waals surface area contributed by atoms with Gasteiger partial charge in [0.2, 0.25) is 11.9 Å². The molecule has 0 aliphatic heterocycles. The molecule has 1 heterocycles. The van der Waals surface area contributed by atoms with Crippen LogP contribution in [0.25, 0.3) is 11.0 Å². The predicted molar refractivity (Wildman–Crippen MR) is 81.9 cm³/mol. The Balaban J connectivity index is 2.14. The summed E-state index contributed by atoms with van der Waals surface area (Å²) in [6.07, 6.45) is 1.77. The molecule has 100 valence electrons. The SMILES string of the molecule is C=CCSCC(=O)Nc1nc2cc(Cl)ccc2n1C. The number of benzene rings is 1. The maximum Gasteiger partial charge on any atom is 0.236 e. The summed E-state index contributed by atoms with van der Waals surface area (Å²) >= 11 is 7.43. The van der Waals surface area contributed by atoms with Crippen LogP contribution in [0.4, 0.5) is 5.95 Å². The molecule has 0 aliphatic rings. The fourth-order valence-electron chi connectivity index (χ4n) is 1.68. The molecule has 1 aromatic heterocycles. The lowest BCUT2D eigenvalue weighted by molar-refractivity contribution is -0.113. The third-order valence-electron chi connectivity index (χ3n) is 2.56. The van der Waals surface area contributed by atoms with Crippen LogP contribution < -0.4 is 5.32 Å². The predicted octanol–water partition coefficient (Wildman–Crippen LogP) is 3.08. The topological polar surface area (TPSA) is 46.9 Å². The van der Waals surface area contributed by atoms with Gasteiger partial charge in [-0.05, 0) is 18.2 Å². The second-order valence-corrected chi connectivity index (χ2v) is 5.45. The van der Waals surface area contributed by atoms with E-state index in [-0.39, 0.29) is 5.91 Å². The van der Waals surface area contributed by atoms with Crippen molar-refractivity contribution in [1.29, 1.82) is 0 Å². The van der Waals surface area contributed by atoms with E-state index in [9.17, 15) is 4.79 Å². The smallest absolute Gasteiger partial charge is 0.236 e. The van der Waals surface area contributed by atoms with E-state index < -0.39 is 0 Å². The number of carbonyl (C=O) groups is 1. The van der Waals surface area contributed by atoms with Crippen molar-refractivity contribution in [2.45, 2.75) is 0 Å². The third kappa shape index (κ3) is 3.30. The van der Waals surface area contributed by atoms with Gasteiger partial charge in [0.15, 0.2) is 0 Å². The highest BCUT2D eigenvalue weighted by Gasteiger charge is 2.10. The first-order valence-corrected chi connectivity index (χ1v) is 7.25. The average molecular weight is 296 g/mol. The summed E-state index contributed by atoms with van der Waals surface area (Å²) in [5.74, 6) is 1.60. The molecule has 6 heteroatoms. The highest BCUT2D eigenvalue weighted by Crippen LogP contribution is 2.21. The van der Waals surface area contributed by atoms with Gasteiger partial charge >= 0.3 is 0 Å². The van der Waals surface area contributed by atoms with Crippen LogP contribution in [-0.4, -0.2) is 27.0 Å². The molecule has 0 aliphatic carbocycles. The van der Waals surface area contributed by atoms with Gasteiger partial charge in [0.05, 0.1) is 16.8 Å². The number of amides is 1. The van der Waals surface area contributed by atoms with Gasteiger partial charge in [-0.25, -0.2) is 4.98 Å². The molecular formula is C13H14ClN3OS. The minimum Gasteiger partial charge on any atom is -0.313 e. The molecule has 0 unspecified atom stereocenters. The van der Waals surface area contributed by atoms with E-state index in [0.717, 1.165) is 16.8 Å². The lowest BCUT2D eigenvalue weighted by atomic mass is 10.3. The number of thioether (sulfide) groups is 1. The highest BCUT2D eigenvalue weighted by atomic mass is 35.5. The van der Waals surface area contributed by atoms with Crippen molar-refractivity contribution in [2.75, 3.05) is 16.8 Å². The molecule has 0 fully saturated rings. The van der Waals surface area contributed by atoms with E-state index in [0.29, 0.717) is 16.7 Å². The summed E-state index contributed by atoms with van der Waals surface area (Å²) in [6.45, 7) is 3.61. The van der Waals surface area contributed by atoms with Crippen molar-refractivity contribution in [3.8, 4) is 0 Å². The molecule has 1 amide bonds. The van der Waals surface area contributed by atoms with Gasteiger partial charge < -0.3 is 4.57 Å². The Labute approximate surface area is 120 Å². The summed E-state index contributed by atoms with van der Waals surface area (Å²) in [4.78, 5) is 16.1. The Hall–Kier alpha value is -1.46. The number of hydrogen-bond acceptors (Lipinski definition) is 3. The van der Waals surface area contributed by atoms with Crippen molar-refractivity contribution < 1.29 is 4.79 Å². The second-order valence-electron chi connectivity index (χ2n) is 3.98. The van der Waals surface area contributed by atoms with Crippen molar-refractivity contribution in [3.63, 3.8) is 0 Å². The number of fused-ring (bicyclic) bond motifs is 1. The zero-order valence-corrected chi connectivity index (χ0v) is 12.1. The number of carbonyl (C=O) groups excluding carboxylic acids is 1. The number of hydrogen-bond donors (Lipinski definition) is 1. The Morgan fingerprint density at radius 2 is 2.42 bits per heavy atom. The normalized spacial score (nSPS) is 10.6. The maximum atomic E-state index is 11.7. The fraction of sp³-hybridized carbons (Fsp3) is 0.231. The van der Waals surface area contributed by atoms with Crippen LogP contribution in [-0.2, 0) is 11.8 Å². The molecule has 0 saturated heterocycles. The standard InChI is InChI=1S/C13H14ClN3OS/c1-3-6-19-8-12(18)16-13-15-10-7-9(14)4-5-11(10)17(13)2/h3-5,7H,1,6,8H2,2H3,(H,15,16,18). The van der Waals surface area contributed by atoms with Gasteiger partial charge in [-0.1, -0.05) is 17.7 Å². The largest absolute Gasteiger partial charge is 0.313 e. The van der Waals surface area contributed by atoms with Crippen LogP contribution in [0.3, 0.4) is 0 Å². The highest BCUT2D eigenvalue weighted by molar-refractivity contribution is 8.00. The fourth-order valence-corrected chi connectivity index (χ4v) is 2.39. The maximum absolute atomic E-state index is 11.7. The van der Waals surface area contributed by atoms with Crippen LogP contribution in [0.2, 0.25) is 5.02 Å². The molecule has 0 bridgehead atoms. The van der Waals surface area contributed by atoms with Crippen LogP contribution >= 0.6 is 23.4 Å². The van der Waals surface area contributed by atoms with Gasteiger partial charge in [-0.15, -0.1) is 18.3 Å². The summed E-state index contributed by atoms with van der Waals surface area (Å²) in [5, 5.41) is 3.42. The van der Waals surface area contributed by atoms with E-state index >= 15 is 0 Å². The Kier molecular flexibility index (Phi) is 4.50. The Morgan fingerprint density at radius 3 is 3.16 bits per heavy atom. The van der Waals surface area contributed by atoms with E-state index in [1.54, 1.807) is 18.2 Å². The molecular weight excluding hydrogens is 282 g/mol. The number of halogens is 1. The lowest BCUT2D eigenvalue weighted by Gasteiger charge is -2.04. The van der Waals surface area contributed by atoms with Gasteiger partial charge in [-0.2, -0.15) is 0 Å². The quantitative estimate of drug-likeness (QED) is 0.681. The van der Waals surface area contributed by atoms with Crippen molar-refractivity contribution in [1.82, 2.24) is 9.55 Å². The minimum atomic E-state index is -0.0728. The molecule has 2 aromatic rings. The molecule has 0 radical (unpaired) electrons. The van der Waals surface area contributed by atoms with Crippen molar-refractivity contribution >= 4 is 46.3 Å². The number of anilines is 1. The average Bonchev–Trinajstić information content (AvgIpc) is 2.66. The zero-order chi connectivity index (χ0) is 13.8. The van der Waals surface area contributed by atoms with Crippen LogP contribution in [0.15, 0.2) is 30.9 Å². The summed E-state index contributed by atoms with van der Waals surface area (Å²) < 4.78 is 1.84. The first kappa shape index (κ1) is 14.0. The van der Waals surface area contributed by atoms with E-state index in [2.05, 4.69) is 16.9 Å². The molecule has 0 atom stereocenters. The molecule has 1 aromatic carbocycles. The Bertz CT molecular complexity index is 624. The van der Waals surface area contributed by atoms with Crippen LogP contribution in [0, 0.1) is 0 Å². The number of rotatable bonds is 5. The van der Waals surface area contributed by atoms with Gasteiger partial charge in [0.1, 0.15) is 0 Å². The Morgan fingerprint density at radius 1 is 1.63 bits per heavy atom. The number of nitrogens with zero attached hydrogens (tertiary/aromatic N) is 2. The lowest BCUT2D eigenvalue weighted by Crippen LogP contribution is -2.17. The molecule has 19 heavy (non-hydrogen) atoms. The minimum absolute atomic E-state index is 0.0728. The molecule has 0 spiro atoms. The number of aryl methyl sites for hydroxylation is 1. The number of aromatic nitrogens is 2. The van der Waals surface area contributed by atoms with Gasteiger partial charge in [0, 0.05) is 17.8 Å². The molecule has 4 nitrogen and oxygen atoms in total. The zero-order valence-electron chi connectivity index (χ0n) is 10.5. The molecule has 0 saturated carbocycles. The van der Waals surface area contributed by atoms with Crippen LogP contribution in [0.5, 0.6) is 0 Å². The van der Waals surface area contributed by atoms with Crippen LogP contribution in [0.1, 0.15) is 0 Å². The van der Waals surface area contributed by atoms with Gasteiger partial charge in [-0.3, -0.25) is 10.1 Å².